The first-order valence-corrected chi connectivity index (χ1v) is 7.38. The van der Waals surface area contributed by atoms with Gasteiger partial charge in [0.2, 0.25) is 0 Å². The Kier molecular flexibility index (Phi) is 5.78. The van der Waals surface area contributed by atoms with Gasteiger partial charge in [0.05, 0.1) is 0 Å². The molecule has 1 amide bonds. The van der Waals surface area contributed by atoms with Gasteiger partial charge >= 0.3 is 0 Å². The second-order valence-corrected chi connectivity index (χ2v) is 5.31. The molecule has 2 aromatic carbocycles. The summed E-state index contributed by atoms with van der Waals surface area (Å²) in [7, 11) is 0. The number of nitrogens with two attached hydrogens (primary N) is 1. The Morgan fingerprint density at radius 2 is 1.81 bits per heavy atom. The molecule has 3 N–H and O–H groups in total. The monoisotopic (exact) mass is 302 g/mol. The van der Waals surface area contributed by atoms with Gasteiger partial charge in [0, 0.05) is 17.1 Å². The van der Waals surface area contributed by atoms with E-state index in [2.05, 4.69) is 5.32 Å². The molecule has 0 aliphatic heterocycles. The second kappa shape index (κ2) is 7.81. The summed E-state index contributed by atoms with van der Waals surface area (Å²) >= 11 is 5.93. The minimum atomic E-state index is -0.0590. The normalized spacial score (nSPS) is 10.4. The molecule has 2 rings (SSSR count). The Morgan fingerprint density at radius 1 is 1.05 bits per heavy atom. The number of benzene rings is 2. The molecule has 0 atom stereocenters. The Hall–Kier alpha value is -1.84. The Bertz CT molecular complexity index is 596. The van der Waals surface area contributed by atoms with E-state index < -0.39 is 0 Å². The summed E-state index contributed by atoms with van der Waals surface area (Å²) in [6.07, 6.45) is 1.59. The zero-order valence-corrected chi connectivity index (χ0v) is 12.6. The van der Waals surface area contributed by atoms with Crippen molar-refractivity contribution >= 4 is 17.5 Å². The third kappa shape index (κ3) is 4.88. The number of nitrogens with one attached hydrogen (secondary N) is 1. The van der Waals surface area contributed by atoms with Crippen molar-refractivity contribution in [3.8, 4) is 0 Å². The van der Waals surface area contributed by atoms with Gasteiger partial charge in [0.1, 0.15) is 0 Å². The first kappa shape index (κ1) is 15.5. The molecule has 0 radical (unpaired) electrons. The standard InChI is InChI=1S/C17H19ClN2O/c18-16-3-1-2-14(12-16)9-11-20-17(21)15-6-4-13(5-7-15)8-10-19/h1-7,12H,8-11,19H2,(H,20,21). The quantitative estimate of drug-likeness (QED) is 0.862. The van der Waals surface area contributed by atoms with Gasteiger partial charge in [0.25, 0.3) is 5.91 Å². The zero-order chi connectivity index (χ0) is 15.1. The summed E-state index contributed by atoms with van der Waals surface area (Å²) < 4.78 is 0. The molecule has 2 aromatic rings. The van der Waals surface area contributed by atoms with Crippen molar-refractivity contribution < 1.29 is 4.79 Å². The lowest BCUT2D eigenvalue weighted by molar-refractivity contribution is 0.0954. The van der Waals surface area contributed by atoms with E-state index in [-0.39, 0.29) is 5.91 Å². The highest BCUT2D eigenvalue weighted by atomic mass is 35.5. The number of amides is 1. The van der Waals surface area contributed by atoms with E-state index in [1.807, 2.05) is 48.5 Å². The number of rotatable bonds is 6. The number of carbonyl (C=O) groups excluding carboxylic acids is 1. The molecule has 0 saturated heterocycles. The molecule has 4 heteroatoms. The van der Waals surface area contributed by atoms with Crippen molar-refractivity contribution in [1.82, 2.24) is 5.32 Å². The summed E-state index contributed by atoms with van der Waals surface area (Å²) in [4.78, 5) is 12.0. The molecule has 0 unspecified atom stereocenters. The van der Waals surface area contributed by atoms with Gasteiger partial charge in [-0.3, -0.25) is 4.79 Å². The lowest BCUT2D eigenvalue weighted by atomic mass is 10.1. The van der Waals surface area contributed by atoms with Gasteiger partial charge in [-0.1, -0.05) is 35.9 Å². The van der Waals surface area contributed by atoms with Crippen LogP contribution in [-0.4, -0.2) is 19.0 Å². The maximum atomic E-state index is 12.0. The molecule has 21 heavy (non-hydrogen) atoms. The lowest BCUT2D eigenvalue weighted by Crippen LogP contribution is -2.25. The van der Waals surface area contributed by atoms with E-state index in [0.29, 0.717) is 23.7 Å². The van der Waals surface area contributed by atoms with E-state index in [1.165, 1.54) is 0 Å². The van der Waals surface area contributed by atoms with Crippen LogP contribution < -0.4 is 11.1 Å². The van der Waals surface area contributed by atoms with Crippen molar-refractivity contribution in [2.75, 3.05) is 13.1 Å². The van der Waals surface area contributed by atoms with Gasteiger partial charge in [0.15, 0.2) is 0 Å². The molecule has 110 valence electrons. The van der Waals surface area contributed by atoms with Crippen LogP contribution in [0.3, 0.4) is 0 Å². The van der Waals surface area contributed by atoms with Crippen LogP contribution in [0.1, 0.15) is 21.5 Å². The van der Waals surface area contributed by atoms with E-state index in [4.69, 9.17) is 17.3 Å². The van der Waals surface area contributed by atoms with Gasteiger partial charge in [-0.25, -0.2) is 0 Å². The number of hydrogen-bond acceptors (Lipinski definition) is 2. The highest BCUT2D eigenvalue weighted by molar-refractivity contribution is 6.30. The summed E-state index contributed by atoms with van der Waals surface area (Å²) in [5.74, 6) is -0.0590. The van der Waals surface area contributed by atoms with Gasteiger partial charge in [-0.15, -0.1) is 0 Å². The highest BCUT2D eigenvalue weighted by Gasteiger charge is 2.04. The van der Waals surface area contributed by atoms with Crippen LogP contribution in [0.2, 0.25) is 5.02 Å². The van der Waals surface area contributed by atoms with Crippen LogP contribution in [-0.2, 0) is 12.8 Å². The number of hydrogen-bond donors (Lipinski definition) is 2. The average molecular weight is 303 g/mol. The zero-order valence-electron chi connectivity index (χ0n) is 11.8. The fourth-order valence-corrected chi connectivity index (χ4v) is 2.32. The van der Waals surface area contributed by atoms with Crippen LogP contribution in [0.25, 0.3) is 0 Å². The van der Waals surface area contributed by atoms with Crippen molar-refractivity contribution in [3.05, 3.63) is 70.2 Å². The van der Waals surface area contributed by atoms with Crippen molar-refractivity contribution in [3.63, 3.8) is 0 Å². The fraction of sp³-hybridized carbons (Fsp3) is 0.235. The van der Waals surface area contributed by atoms with Crippen LogP contribution in [0, 0.1) is 0 Å². The van der Waals surface area contributed by atoms with Gasteiger partial charge in [-0.05, 0) is 54.8 Å². The van der Waals surface area contributed by atoms with Gasteiger partial charge < -0.3 is 11.1 Å². The molecular weight excluding hydrogens is 284 g/mol. The maximum Gasteiger partial charge on any atom is 0.251 e. The van der Waals surface area contributed by atoms with E-state index in [0.717, 1.165) is 24.0 Å². The average Bonchev–Trinajstić information content (AvgIpc) is 2.48. The van der Waals surface area contributed by atoms with E-state index >= 15 is 0 Å². The molecule has 3 nitrogen and oxygen atoms in total. The molecule has 0 aliphatic carbocycles. The minimum Gasteiger partial charge on any atom is -0.352 e. The SMILES string of the molecule is NCCc1ccc(C(=O)NCCc2cccc(Cl)c2)cc1. The minimum absolute atomic E-state index is 0.0590. The molecule has 0 bridgehead atoms. The number of carbonyl (C=O) groups is 1. The smallest absolute Gasteiger partial charge is 0.251 e. The molecule has 0 saturated carbocycles. The predicted octanol–water partition coefficient (Wildman–Crippen LogP) is 2.81. The van der Waals surface area contributed by atoms with Crippen molar-refractivity contribution in [2.24, 2.45) is 5.73 Å². The maximum absolute atomic E-state index is 12.0. The topological polar surface area (TPSA) is 55.1 Å². The third-order valence-corrected chi connectivity index (χ3v) is 3.47. The number of halogens is 1. The Balaban J connectivity index is 1.84. The predicted molar refractivity (Wildman–Crippen MR) is 86.7 cm³/mol. The van der Waals surface area contributed by atoms with Crippen LogP contribution >= 0.6 is 11.6 Å². The molecular formula is C17H19ClN2O. The van der Waals surface area contributed by atoms with Crippen LogP contribution in [0.5, 0.6) is 0 Å². The Morgan fingerprint density at radius 3 is 2.48 bits per heavy atom. The van der Waals surface area contributed by atoms with Gasteiger partial charge in [-0.2, -0.15) is 0 Å². The summed E-state index contributed by atoms with van der Waals surface area (Å²) in [6.45, 7) is 1.20. The summed E-state index contributed by atoms with van der Waals surface area (Å²) in [6, 6.07) is 15.2. The first-order chi connectivity index (χ1) is 10.2. The van der Waals surface area contributed by atoms with Crippen molar-refractivity contribution in [1.29, 1.82) is 0 Å². The fourth-order valence-electron chi connectivity index (χ4n) is 2.10. The largest absolute Gasteiger partial charge is 0.352 e. The first-order valence-electron chi connectivity index (χ1n) is 7.00. The van der Waals surface area contributed by atoms with Crippen molar-refractivity contribution in [2.45, 2.75) is 12.8 Å². The summed E-state index contributed by atoms with van der Waals surface area (Å²) in [5, 5.41) is 3.63. The molecule has 0 fully saturated rings. The second-order valence-electron chi connectivity index (χ2n) is 4.87. The van der Waals surface area contributed by atoms with E-state index in [1.54, 1.807) is 0 Å². The summed E-state index contributed by atoms with van der Waals surface area (Å²) in [5.41, 5.74) is 8.43. The molecule has 0 aromatic heterocycles. The lowest BCUT2D eigenvalue weighted by Gasteiger charge is -2.06. The van der Waals surface area contributed by atoms with E-state index in [9.17, 15) is 4.79 Å². The highest BCUT2D eigenvalue weighted by Crippen LogP contribution is 2.11. The molecule has 0 aliphatic rings. The van der Waals surface area contributed by atoms with Crippen LogP contribution in [0.4, 0.5) is 0 Å². The molecule has 0 heterocycles. The molecule has 0 spiro atoms. The Labute approximate surface area is 130 Å². The third-order valence-electron chi connectivity index (χ3n) is 3.24. The van der Waals surface area contributed by atoms with Crippen LogP contribution in [0.15, 0.2) is 48.5 Å².